The molecule has 1 unspecified atom stereocenters. The predicted octanol–water partition coefficient (Wildman–Crippen LogP) is 0.244. The normalized spacial score (nSPS) is 11.4. The van der Waals surface area contributed by atoms with Crippen LogP contribution in [0.5, 0.6) is 0 Å². The third-order valence-electron chi connectivity index (χ3n) is 4.18. The fourth-order valence-corrected chi connectivity index (χ4v) is 2.58. The molecule has 30 heavy (non-hydrogen) atoms. The molecule has 158 valence electrons. The summed E-state index contributed by atoms with van der Waals surface area (Å²) in [5.41, 5.74) is 6.09. The van der Waals surface area contributed by atoms with Crippen LogP contribution >= 0.6 is 0 Å². The van der Waals surface area contributed by atoms with Crippen molar-refractivity contribution in [2.24, 2.45) is 5.73 Å². The first-order chi connectivity index (χ1) is 14.2. The third kappa shape index (κ3) is 6.59. The van der Waals surface area contributed by atoms with Gasteiger partial charge < -0.3 is 26.0 Å². The second-order valence-electron chi connectivity index (χ2n) is 6.67. The molecule has 0 saturated heterocycles. The van der Waals surface area contributed by atoms with E-state index in [1.165, 1.54) is 41.1 Å². The molecule has 0 aliphatic heterocycles. The molecule has 0 radical (unpaired) electrons. The quantitative estimate of drug-likeness (QED) is 0.460. The lowest BCUT2D eigenvalue weighted by atomic mass is 10.1. The maximum atomic E-state index is 12.2. The van der Waals surface area contributed by atoms with Gasteiger partial charge in [0.2, 0.25) is 11.8 Å². The highest BCUT2D eigenvalue weighted by molar-refractivity contribution is 5.97. The van der Waals surface area contributed by atoms with E-state index < -0.39 is 29.7 Å². The van der Waals surface area contributed by atoms with E-state index >= 15 is 0 Å². The number of pyridine rings is 1. The van der Waals surface area contributed by atoms with Gasteiger partial charge in [-0.1, -0.05) is 0 Å². The molecule has 5 N–H and O–H groups in total. The van der Waals surface area contributed by atoms with E-state index in [4.69, 9.17) is 10.8 Å². The second-order valence-corrected chi connectivity index (χ2v) is 6.67. The maximum absolute atomic E-state index is 12.2. The fourth-order valence-electron chi connectivity index (χ4n) is 2.58. The van der Waals surface area contributed by atoms with Gasteiger partial charge in [-0.2, -0.15) is 0 Å². The van der Waals surface area contributed by atoms with Crippen molar-refractivity contribution in [2.75, 3.05) is 5.32 Å². The Hall–Kier alpha value is -3.95. The van der Waals surface area contributed by atoms with Gasteiger partial charge in [0.15, 0.2) is 0 Å². The lowest BCUT2D eigenvalue weighted by Crippen LogP contribution is -2.41. The maximum Gasteiger partial charge on any atom is 0.326 e. The van der Waals surface area contributed by atoms with Crippen LogP contribution < -0.4 is 21.9 Å². The topological polar surface area (TPSA) is 161 Å². The van der Waals surface area contributed by atoms with E-state index in [0.717, 1.165) is 5.56 Å². The summed E-state index contributed by atoms with van der Waals surface area (Å²) in [6, 6.07) is 7.67. The number of carbonyl (C=O) groups excluding carboxylic acids is 3. The Balaban J connectivity index is 1.97. The van der Waals surface area contributed by atoms with Gasteiger partial charge in [-0.15, -0.1) is 0 Å². The third-order valence-corrected chi connectivity index (χ3v) is 4.18. The van der Waals surface area contributed by atoms with Gasteiger partial charge in [0, 0.05) is 29.9 Å². The van der Waals surface area contributed by atoms with Crippen LogP contribution in [0.25, 0.3) is 0 Å². The number of hydrogen-bond acceptors (Lipinski definition) is 5. The van der Waals surface area contributed by atoms with Crippen molar-refractivity contribution >= 4 is 29.4 Å². The molecule has 0 bridgehead atoms. The van der Waals surface area contributed by atoms with Crippen molar-refractivity contribution in [3.63, 3.8) is 0 Å². The van der Waals surface area contributed by atoms with Gasteiger partial charge in [-0.25, -0.2) is 4.79 Å². The van der Waals surface area contributed by atoms with Crippen molar-refractivity contribution < 1.29 is 24.3 Å². The molecule has 3 amide bonds. The number of rotatable bonds is 9. The zero-order valence-electron chi connectivity index (χ0n) is 16.3. The number of benzene rings is 1. The predicted molar refractivity (Wildman–Crippen MR) is 108 cm³/mol. The minimum Gasteiger partial charge on any atom is -0.480 e. The highest BCUT2D eigenvalue weighted by atomic mass is 16.4. The Morgan fingerprint density at radius 3 is 2.37 bits per heavy atom. The summed E-state index contributed by atoms with van der Waals surface area (Å²) < 4.78 is 1.27. The number of hydrogen-bond donors (Lipinski definition) is 4. The average Bonchev–Trinajstić information content (AvgIpc) is 2.67. The first kappa shape index (κ1) is 22.3. The molecule has 0 spiro atoms. The highest BCUT2D eigenvalue weighted by Gasteiger charge is 2.21. The van der Waals surface area contributed by atoms with E-state index in [1.807, 2.05) is 0 Å². The number of aryl methyl sites for hydroxylation is 1. The number of nitrogens with one attached hydrogen (secondary N) is 2. The number of aromatic nitrogens is 1. The van der Waals surface area contributed by atoms with Gasteiger partial charge in [0.1, 0.15) is 12.6 Å². The van der Waals surface area contributed by atoms with Crippen molar-refractivity contribution in [1.82, 2.24) is 9.88 Å². The van der Waals surface area contributed by atoms with E-state index in [-0.39, 0.29) is 30.5 Å². The summed E-state index contributed by atoms with van der Waals surface area (Å²) in [6.45, 7) is 1.61. The summed E-state index contributed by atoms with van der Waals surface area (Å²) >= 11 is 0. The molecule has 2 rings (SSSR count). The van der Waals surface area contributed by atoms with Crippen LogP contribution in [0.4, 0.5) is 5.69 Å². The monoisotopic (exact) mass is 414 g/mol. The number of carbonyl (C=O) groups is 4. The number of carboxylic acids is 1. The molecule has 10 nitrogen and oxygen atoms in total. The number of nitrogens with zero attached hydrogens (tertiary/aromatic N) is 1. The summed E-state index contributed by atoms with van der Waals surface area (Å²) in [5, 5.41) is 14.1. The molecule has 10 heteroatoms. The van der Waals surface area contributed by atoms with Crippen molar-refractivity contribution in [1.29, 1.82) is 0 Å². The minimum atomic E-state index is -1.28. The van der Waals surface area contributed by atoms with Gasteiger partial charge in [0.05, 0.1) is 0 Å². The molecular weight excluding hydrogens is 392 g/mol. The van der Waals surface area contributed by atoms with E-state index in [1.54, 1.807) is 13.0 Å². The first-order valence-corrected chi connectivity index (χ1v) is 9.04. The molecule has 0 aliphatic carbocycles. The van der Waals surface area contributed by atoms with Crippen LogP contribution in [0.15, 0.2) is 47.4 Å². The number of primary amides is 1. The molecular formula is C20H22N4O6. The molecule has 0 saturated carbocycles. The largest absolute Gasteiger partial charge is 0.480 e. The van der Waals surface area contributed by atoms with Crippen molar-refractivity contribution in [2.45, 2.75) is 32.4 Å². The van der Waals surface area contributed by atoms with Crippen LogP contribution in [-0.4, -0.2) is 39.4 Å². The van der Waals surface area contributed by atoms with Gasteiger partial charge in [0.25, 0.3) is 11.5 Å². The molecule has 2 aromatic rings. The zero-order valence-corrected chi connectivity index (χ0v) is 16.3. The van der Waals surface area contributed by atoms with E-state index in [0.29, 0.717) is 5.69 Å². The lowest BCUT2D eigenvalue weighted by Gasteiger charge is -2.14. The molecule has 0 fully saturated rings. The van der Waals surface area contributed by atoms with Crippen LogP contribution in [-0.2, 0) is 20.9 Å². The highest BCUT2D eigenvalue weighted by Crippen LogP contribution is 2.10. The summed E-state index contributed by atoms with van der Waals surface area (Å²) in [6.07, 6.45) is 1.23. The van der Waals surface area contributed by atoms with Crippen LogP contribution in [0.3, 0.4) is 0 Å². The molecule has 1 heterocycles. The zero-order chi connectivity index (χ0) is 22.3. The first-order valence-electron chi connectivity index (χ1n) is 9.04. The number of amides is 3. The van der Waals surface area contributed by atoms with Gasteiger partial charge in [-0.05, 0) is 49.2 Å². The fraction of sp³-hybridized carbons (Fsp3) is 0.250. The Morgan fingerprint density at radius 1 is 1.13 bits per heavy atom. The second kappa shape index (κ2) is 10.0. The van der Waals surface area contributed by atoms with E-state index in [9.17, 15) is 24.0 Å². The lowest BCUT2D eigenvalue weighted by molar-refractivity contribution is -0.139. The summed E-state index contributed by atoms with van der Waals surface area (Å²) in [5.74, 6) is -3.00. The summed E-state index contributed by atoms with van der Waals surface area (Å²) in [4.78, 5) is 58.2. The van der Waals surface area contributed by atoms with Crippen LogP contribution in [0.2, 0.25) is 0 Å². The van der Waals surface area contributed by atoms with Crippen molar-refractivity contribution in [3.05, 3.63) is 64.1 Å². The number of carboxylic acid groups (broad SMARTS) is 1. The summed E-state index contributed by atoms with van der Waals surface area (Å²) in [7, 11) is 0. The number of anilines is 1. The van der Waals surface area contributed by atoms with Gasteiger partial charge in [-0.3, -0.25) is 19.2 Å². The molecule has 1 atom stereocenters. The standard InChI is InChI=1S/C20H22N4O6/c1-12-8-9-24(18(27)10-12)11-17(26)22-14-4-2-13(3-5-14)19(28)23-15(20(29)30)6-7-16(21)25/h2-5,8-10,15H,6-7,11H2,1H3,(H2,21,25)(H,22,26)(H,23,28)(H,29,30). The average molecular weight is 414 g/mol. The van der Waals surface area contributed by atoms with Crippen LogP contribution in [0, 0.1) is 6.92 Å². The Morgan fingerprint density at radius 2 is 1.80 bits per heavy atom. The van der Waals surface area contributed by atoms with E-state index in [2.05, 4.69) is 10.6 Å². The van der Waals surface area contributed by atoms with Gasteiger partial charge >= 0.3 is 5.97 Å². The number of aliphatic carboxylic acids is 1. The SMILES string of the molecule is Cc1ccn(CC(=O)Nc2ccc(C(=O)NC(CCC(N)=O)C(=O)O)cc2)c(=O)c1. The van der Waals surface area contributed by atoms with Crippen molar-refractivity contribution in [3.8, 4) is 0 Å². The molecule has 1 aromatic carbocycles. The Bertz CT molecular complexity index is 1010. The van der Waals surface area contributed by atoms with Crippen LogP contribution in [0.1, 0.15) is 28.8 Å². The minimum absolute atomic E-state index is 0.122. The molecule has 0 aliphatic rings. The Labute approximate surface area is 171 Å². The molecule has 1 aromatic heterocycles. The number of nitrogens with two attached hydrogens (primary N) is 1. The smallest absolute Gasteiger partial charge is 0.326 e. The Kier molecular flexibility index (Phi) is 7.45.